The van der Waals surface area contributed by atoms with Crippen LogP contribution in [0.15, 0.2) is 52.4 Å². The summed E-state index contributed by atoms with van der Waals surface area (Å²) < 4.78 is 43.7. The van der Waals surface area contributed by atoms with Gasteiger partial charge in [-0.05, 0) is 55.3 Å². The summed E-state index contributed by atoms with van der Waals surface area (Å²) in [6.45, 7) is 3.88. The number of esters is 1. The molecule has 2 aromatic carbocycles. The van der Waals surface area contributed by atoms with Gasteiger partial charge in [0.2, 0.25) is 9.84 Å². The molecule has 0 saturated heterocycles. The highest BCUT2D eigenvalue weighted by molar-refractivity contribution is 7.96. The molecule has 0 atom stereocenters. The summed E-state index contributed by atoms with van der Waals surface area (Å²) in [7, 11) is -3.07. The molecule has 0 unspecified atom stereocenters. The number of nitrogens with zero attached hydrogens (tertiary/aromatic N) is 1. The van der Waals surface area contributed by atoms with Crippen molar-refractivity contribution in [1.82, 2.24) is 0 Å². The molecule has 0 aliphatic carbocycles. The van der Waals surface area contributed by atoms with Crippen LogP contribution in [-0.2, 0) is 19.4 Å². The number of halogens is 1. The molecule has 0 fully saturated rings. The summed E-state index contributed by atoms with van der Waals surface area (Å²) in [5, 5.41) is 0. The molecule has 1 aliphatic rings. The second-order valence-electron chi connectivity index (χ2n) is 5.74. The average Bonchev–Trinajstić information content (AvgIpc) is 2.57. The minimum atomic E-state index is -4.17. The number of benzene rings is 2. The number of methoxy groups -OCH3 is 1. The third-order valence-corrected chi connectivity index (χ3v) is 5.92. The van der Waals surface area contributed by atoms with Gasteiger partial charge in [-0.15, -0.1) is 0 Å². The Balaban J connectivity index is 2.30. The molecular formula is C18H16FNO4S. The van der Waals surface area contributed by atoms with Crippen LogP contribution in [0, 0.1) is 19.7 Å². The van der Waals surface area contributed by atoms with Gasteiger partial charge in [0.05, 0.1) is 17.7 Å². The number of hydrogen-bond donors (Lipinski definition) is 0. The second kappa shape index (κ2) is 6.00. The van der Waals surface area contributed by atoms with Crippen LogP contribution in [0.5, 0.6) is 0 Å². The van der Waals surface area contributed by atoms with Crippen molar-refractivity contribution in [2.24, 2.45) is 0 Å². The van der Waals surface area contributed by atoms with Gasteiger partial charge in [-0.3, -0.25) is 0 Å². The van der Waals surface area contributed by atoms with E-state index in [1.165, 1.54) is 18.3 Å². The Kier molecular flexibility index (Phi) is 4.12. The van der Waals surface area contributed by atoms with Crippen LogP contribution in [0.2, 0.25) is 0 Å². The Hall–Kier alpha value is -2.67. The molecular weight excluding hydrogens is 345 g/mol. The number of fused-ring (bicyclic) bond motifs is 1. The lowest BCUT2D eigenvalue weighted by Gasteiger charge is -2.28. The smallest absolute Gasteiger partial charge is 0.351 e. The van der Waals surface area contributed by atoms with Gasteiger partial charge in [-0.25, -0.2) is 17.6 Å². The third-order valence-electron chi connectivity index (χ3n) is 4.16. The third kappa shape index (κ3) is 2.80. The minimum Gasteiger partial charge on any atom is -0.465 e. The number of rotatable bonds is 2. The van der Waals surface area contributed by atoms with Crippen LogP contribution in [0.1, 0.15) is 11.1 Å². The zero-order valence-electron chi connectivity index (χ0n) is 13.9. The van der Waals surface area contributed by atoms with Crippen molar-refractivity contribution in [3.63, 3.8) is 0 Å². The average molecular weight is 361 g/mol. The summed E-state index contributed by atoms with van der Waals surface area (Å²) in [5.74, 6) is -1.70. The molecule has 0 saturated carbocycles. The standard InChI is InChI=1S/C18H16FNO4S/c1-11-4-6-14(8-12(11)2)20-10-17(18(21)24-3)25(22,23)16-9-13(19)5-7-15(16)20/h4-10H,1-3H3. The van der Waals surface area contributed by atoms with Crippen LogP contribution < -0.4 is 4.90 Å². The van der Waals surface area contributed by atoms with E-state index in [9.17, 15) is 17.6 Å². The van der Waals surface area contributed by atoms with E-state index >= 15 is 0 Å². The van der Waals surface area contributed by atoms with E-state index < -0.39 is 26.5 Å². The van der Waals surface area contributed by atoms with E-state index in [0.717, 1.165) is 24.3 Å². The topological polar surface area (TPSA) is 63.7 Å². The second-order valence-corrected chi connectivity index (χ2v) is 7.63. The zero-order valence-corrected chi connectivity index (χ0v) is 14.7. The number of carbonyl (C=O) groups excluding carboxylic acids is 1. The maximum absolute atomic E-state index is 13.7. The van der Waals surface area contributed by atoms with Crippen LogP contribution in [0.4, 0.5) is 15.8 Å². The van der Waals surface area contributed by atoms with Crippen molar-refractivity contribution in [3.05, 3.63) is 64.4 Å². The molecule has 1 heterocycles. The predicted octanol–water partition coefficient (Wildman–Crippen LogP) is 3.38. The van der Waals surface area contributed by atoms with E-state index in [1.807, 2.05) is 26.0 Å². The normalized spacial score (nSPS) is 15.4. The Bertz CT molecular complexity index is 1010. The number of ether oxygens (including phenoxy) is 1. The molecule has 0 aromatic heterocycles. The fraction of sp³-hybridized carbons (Fsp3) is 0.167. The highest BCUT2D eigenvalue weighted by Crippen LogP contribution is 2.40. The van der Waals surface area contributed by atoms with Crippen LogP contribution in [0.25, 0.3) is 0 Å². The molecule has 3 rings (SSSR count). The first-order valence-electron chi connectivity index (χ1n) is 7.47. The van der Waals surface area contributed by atoms with Crippen LogP contribution >= 0.6 is 0 Å². The lowest BCUT2D eigenvalue weighted by molar-refractivity contribution is -0.135. The first-order chi connectivity index (χ1) is 11.8. The molecule has 0 N–H and O–H groups in total. The van der Waals surface area contributed by atoms with Crippen molar-refractivity contribution >= 4 is 27.2 Å². The molecule has 130 valence electrons. The molecule has 0 radical (unpaired) electrons. The monoisotopic (exact) mass is 361 g/mol. The van der Waals surface area contributed by atoms with Crippen molar-refractivity contribution in [3.8, 4) is 0 Å². The lowest BCUT2D eigenvalue weighted by Crippen LogP contribution is -2.26. The van der Waals surface area contributed by atoms with E-state index in [0.29, 0.717) is 5.69 Å². The van der Waals surface area contributed by atoms with Gasteiger partial charge >= 0.3 is 5.97 Å². The Morgan fingerprint density at radius 2 is 1.80 bits per heavy atom. The van der Waals surface area contributed by atoms with E-state index in [1.54, 1.807) is 11.0 Å². The largest absolute Gasteiger partial charge is 0.465 e. The van der Waals surface area contributed by atoms with Crippen molar-refractivity contribution < 1.29 is 22.3 Å². The maximum atomic E-state index is 13.7. The van der Waals surface area contributed by atoms with Gasteiger partial charge < -0.3 is 9.64 Å². The fourth-order valence-electron chi connectivity index (χ4n) is 2.63. The number of aryl methyl sites for hydroxylation is 2. The highest BCUT2D eigenvalue weighted by Gasteiger charge is 2.36. The summed E-state index contributed by atoms with van der Waals surface area (Å²) in [5.41, 5.74) is 3.01. The highest BCUT2D eigenvalue weighted by atomic mass is 32.2. The van der Waals surface area contributed by atoms with Crippen LogP contribution in [-0.4, -0.2) is 21.5 Å². The quantitative estimate of drug-likeness (QED) is 0.768. The van der Waals surface area contributed by atoms with Gasteiger partial charge in [-0.1, -0.05) is 6.07 Å². The first-order valence-corrected chi connectivity index (χ1v) is 8.95. The molecule has 25 heavy (non-hydrogen) atoms. The van der Waals surface area contributed by atoms with Crippen LogP contribution in [0.3, 0.4) is 0 Å². The van der Waals surface area contributed by atoms with Crippen molar-refractivity contribution in [1.29, 1.82) is 0 Å². The van der Waals surface area contributed by atoms with Gasteiger partial charge in [0.1, 0.15) is 5.82 Å². The molecule has 7 heteroatoms. The van der Waals surface area contributed by atoms with Gasteiger partial charge in [0.15, 0.2) is 4.91 Å². The molecule has 5 nitrogen and oxygen atoms in total. The van der Waals surface area contributed by atoms with Crippen molar-refractivity contribution in [2.45, 2.75) is 18.7 Å². The lowest BCUT2D eigenvalue weighted by atomic mass is 10.1. The Morgan fingerprint density at radius 3 is 2.44 bits per heavy atom. The summed E-state index contributed by atoms with van der Waals surface area (Å²) in [6, 6.07) is 9.03. The predicted molar refractivity (Wildman–Crippen MR) is 91.7 cm³/mol. The van der Waals surface area contributed by atoms with E-state index in [4.69, 9.17) is 0 Å². The SMILES string of the molecule is COC(=O)C1=CN(c2ccc(C)c(C)c2)c2ccc(F)cc2S1(=O)=O. The van der Waals surface area contributed by atoms with E-state index in [-0.39, 0.29) is 10.6 Å². The zero-order chi connectivity index (χ0) is 18.4. The maximum Gasteiger partial charge on any atom is 0.351 e. The fourth-order valence-corrected chi connectivity index (χ4v) is 4.12. The Morgan fingerprint density at radius 1 is 1.08 bits per heavy atom. The van der Waals surface area contributed by atoms with Crippen molar-refractivity contribution in [2.75, 3.05) is 12.0 Å². The molecule has 0 bridgehead atoms. The van der Waals surface area contributed by atoms with Gasteiger partial charge in [0, 0.05) is 11.9 Å². The number of hydrogen-bond acceptors (Lipinski definition) is 5. The number of carbonyl (C=O) groups is 1. The minimum absolute atomic E-state index is 0.270. The molecule has 0 amide bonds. The van der Waals surface area contributed by atoms with Gasteiger partial charge in [0.25, 0.3) is 0 Å². The molecule has 0 spiro atoms. The number of sulfone groups is 1. The van der Waals surface area contributed by atoms with E-state index in [2.05, 4.69) is 4.74 Å². The first kappa shape index (κ1) is 17.2. The number of anilines is 2. The summed E-state index contributed by atoms with van der Waals surface area (Å²) in [6.07, 6.45) is 1.21. The Labute approximate surface area is 145 Å². The summed E-state index contributed by atoms with van der Waals surface area (Å²) >= 11 is 0. The molecule has 2 aromatic rings. The summed E-state index contributed by atoms with van der Waals surface area (Å²) in [4.78, 5) is 12.7. The van der Waals surface area contributed by atoms with Gasteiger partial charge in [-0.2, -0.15) is 0 Å². The molecule has 1 aliphatic heterocycles.